The summed E-state index contributed by atoms with van der Waals surface area (Å²) in [7, 11) is -9.60. The molecule has 15 nitrogen and oxygen atoms in total. The van der Waals surface area contributed by atoms with Gasteiger partial charge in [-0.15, -0.1) is 0 Å². The minimum Gasteiger partial charge on any atom is -0.463 e. The lowest BCUT2D eigenvalue weighted by molar-refractivity contribution is -0.148. The molecule has 0 fully saturated rings. The Hall–Kier alpha value is -2.78. The van der Waals surface area contributed by atoms with Gasteiger partial charge in [0, 0.05) is 12.8 Å². The average molecular weight is 1030 g/mol. The molecule has 0 aromatic carbocycles. The quantitative estimate of drug-likeness (QED) is 0.0165. The van der Waals surface area contributed by atoms with E-state index in [-0.39, 0.29) is 12.8 Å². The van der Waals surface area contributed by atoms with Crippen LogP contribution in [0.3, 0.4) is 0 Å². The highest BCUT2D eigenvalue weighted by molar-refractivity contribution is 7.47. The number of phosphoric acid groups is 2. The van der Waals surface area contributed by atoms with Crippen molar-refractivity contribution in [2.75, 3.05) is 39.6 Å². The second-order valence-electron chi connectivity index (χ2n) is 17.2. The molecule has 0 aliphatic rings. The van der Waals surface area contributed by atoms with Crippen LogP contribution in [0.1, 0.15) is 181 Å². The molecule has 70 heavy (non-hydrogen) atoms. The van der Waals surface area contributed by atoms with Gasteiger partial charge in [-0.25, -0.2) is 9.13 Å². The lowest BCUT2D eigenvalue weighted by atomic mass is 10.1. The van der Waals surface area contributed by atoms with Crippen molar-refractivity contribution < 1.29 is 71.4 Å². The summed E-state index contributed by atoms with van der Waals surface area (Å²) in [5.74, 6) is -1.06. The van der Waals surface area contributed by atoms with Gasteiger partial charge in [-0.05, 0) is 89.9 Å². The van der Waals surface area contributed by atoms with E-state index in [4.69, 9.17) is 14.0 Å². The number of hydrogen-bond acceptors (Lipinski definition) is 13. The van der Waals surface area contributed by atoms with Crippen LogP contribution in [0.5, 0.6) is 0 Å². The molecule has 5 N–H and O–H groups in total. The number of carbonyl (C=O) groups excluding carboxylic acids is 2. The fraction of sp³-hybridized carbons (Fsp3) is 0.698. The summed E-state index contributed by atoms with van der Waals surface area (Å²) in [6.45, 7) is 0.285. The van der Waals surface area contributed by atoms with E-state index in [1.807, 2.05) is 12.2 Å². The predicted octanol–water partition coefficient (Wildman–Crippen LogP) is 12.5. The zero-order valence-electron chi connectivity index (χ0n) is 42.7. The Morgan fingerprint density at radius 2 is 0.629 bits per heavy atom. The number of allylic oxidation sites excluding steroid dienone is 14. The molecule has 404 valence electrons. The summed E-state index contributed by atoms with van der Waals surface area (Å²) in [4.78, 5) is 43.8. The van der Waals surface area contributed by atoms with E-state index < -0.39 is 85.5 Å². The van der Waals surface area contributed by atoms with Gasteiger partial charge in [0.2, 0.25) is 0 Å². The smallest absolute Gasteiger partial charge is 0.463 e. The van der Waals surface area contributed by atoms with E-state index in [9.17, 15) is 43.8 Å². The Morgan fingerprint density at radius 3 is 0.971 bits per heavy atom. The summed E-state index contributed by atoms with van der Waals surface area (Å²) in [6.07, 6.45) is 51.4. The number of phosphoric ester groups is 2. The first-order valence-electron chi connectivity index (χ1n) is 25.9. The highest BCUT2D eigenvalue weighted by atomic mass is 31.2. The molecule has 0 aromatic rings. The topological polar surface area (TPSA) is 225 Å². The van der Waals surface area contributed by atoms with Crippen molar-refractivity contribution >= 4 is 27.6 Å². The van der Waals surface area contributed by atoms with Crippen molar-refractivity contribution in [3.8, 4) is 0 Å². The van der Waals surface area contributed by atoms with Crippen molar-refractivity contribution in [2.45, 2.75) is 199 Å². The predicted molar refractivity (Wildman–Crippen MR) is 279 cm³/mol. The summed E-state index contributed by atoms with van der Waals surface area (Å²) in [5, 5.41) is 30.1. The molecule has 0 heterocycles. The van der Waals surface area contributed by atoms with Crippen LogP contribution in [-0.2, 0) is 46.3 Å². The van der Waals surface area contributed by atoms with Crippen LogP contribution >= 0.6 is 15.6 Å². The van der Waals surface area contributed by atoms with Crippen molar-refractivity contribution in [2.24, 2.45) is 0 Å². The van der Waals surface area contributed by atoms with Crippen molar-refractivity contribution in [1.82, 2.24) is 0 Å². The van der Waals surface area contributed by atoms with Gasteiger partial charge in [0.05, 0.1) is 26.4 Å². The van der Waals surface area contributed by atoms with Crippen molar-refractivity contribution in [3.05, 3.63) is 85.1 Å². The molecule has 0 aliphatic carbocycles. The summed E-state index contributed by atoms with van der Waals surface area (Å²) in [6, 6.07) is 0. The van der Waals surface area contributed by atoms with Gasteiger partial charge >= 0.3 is 27.6 Å². The molecule has 0 saturated heterocycles. The fourth-order valence-electron chi connectivity index (χ4n) is 6.27. The van der Waals surface area contributed by atoms with Crippen LogP contribution in [-0.4, -0.2) is 95.0 Å². The van der Waals surface area contributed by atoms with Gasteiger partial charge in [-0.2, -0.15) is 0 Å². The van der Waals surface area contributed by atoms with Crippen LogP contribution in [0.15, 0.2) is 85.1 Å². The SMILES string of the molecule is CCCCC/C=C\C/C=C\C/C=C\C/C=C\CCCC(=O)OCC(O)COP(=O)(O)OCC(O)COP(=O)(O)OCC(O)COC(=O)CCCCCCCCCC/C=C\C/C=C\C/C=C\CCCCC. The minimum atomic E-state index is -4.80. The first kappa shape index (κ1) is 67.2. The van der Waals surface area contributed by atoms with Gasteiger partial charge in [0.1, 0.15) is 31.5 Å². The van der Waals surface area contributed by atoms with E-state index >= 15 is 0 Å². The molecule has 0 amide bonds. The van der Waals surface area contributed by atoms with Crippen LogP contribution in [0, 0.1) is 0 Å². The second kappa shape index (κ2) is 48.5. The zero-order chi connectivity index (χ0) is 51.7. The standard InChI is InChI=1S/C53H92O15P2/c1-3-5-7-9-11-13-15-17-19-21-22-23-24-26-28-30-32-34-36-38-40-42-53(58)64-44-50(55)46-66-70(61,62)68-48-51(56)47-67-69(59,60)65-45-49(54)43-63-52(57)41-39-37-35-33-31-29-27-25-20-18-16-14-12-10-8-6-4-2/h11-14,17-20,22-23,27,29,33,35,49-51,54-56H,3-10,15-16,21,24-26,28,30-32,34,36-48H2,1-2H3,(H,59,60)(H,61,62)/b13-11-,14-12-,19-17-,20-18-,23-22-,29-27-,35-33-. The van der Waals surface area contributed by atoms with Gasteiger partial charge in [0.15, 0.2) is 0 Å². The summed E-state index contributed by atoms with van der Waals surface area (Å²) in [5.41, 5.74) is 0. The van der Waals surface area contributed by atoms with E-state index in [1.165, 1.54) is 64.2 Å². The number of carbonyl (C=O) groups is 2. The maximum absolute atomic E-state index is 12.2. The first-order valence-corrected chi connectivity index (χ1v) is 28.9. The molecule has 5 atom stereocenters. The van der Waals surface area contributed by atoms with E-state index in [1.54, 1.807) is 0 Å². The Labute approximate surface area is 421 Å². The number of aliphatic hydroxyl groups is 3. The normalized spacial score (nSPS) is 15.6. The van der Waals surface area contributed by atoms with Gasteiger partial charge in [-0.1, -0.05) is 163 Å². The molecule has 0 aliphatic heterocycles. The van der Waals surface area contributed by atoms with Crippen LogP contribution in [0.4, 0.5) is 0 Å². The van der Waals surface area contributed by atoms with Gasteiger partial charge < -0.3 is 34.6 Å². The Kier molecular flexibility index (Phi) is 46.6. The third-order valence-electron chi connectivity index (χ3n) is 10.3. The monoisotopic (exact) mass is 1030 g/mol. The highest BCUT2D eigenvalue weighted by Gasteiger charge is 2.28. The maximum atomic E-state index is 12.2. The van der Waals surface area contributed by atoms with Gasteiger partial charge in [-0.3, -0.25) is 27.7 Å². The third-order valence-corrected chi connectivity index (χ3v) is 12.2. The molecule has 17 heteroatoms. The van der Waals surface area contributed by atoms with E-state index in [0.717, 1.165) is 70.6 Å². The van der Waals surface area contributed by atoms with Crippen molar-refractivity contribution in [1.29, 1.82) is 0 Å². The summed E-state index contributed by atoms with van der Waals surface area (Å²) < 4.78 is 53.0. The maximum Gasteiger partial charge on any atom is 0.472 e. The Bertz CT molecular complexity index is 1570. The summed E-state index contributed by atoms with van der Waals surface area (Å²) >= 11 is 0. The molecular formula is C53H92O15P2. The van der Waals surface area contributed by atoms with Crippen LogP contribution in [0.25, 0.3) is 0 Å². The zero-order valence-corrected chi connectivity index (χ0v) is 44.4. The van der Waals surface area contributed by atoms with Gasteiger partial charge in [0.25, 0.3) is 0 Å². The average Bonchev–Trinajstić information content (AvgIpc) is 3.34. The molecule has 5 unspecified atom stereocenters. The first-order chi connectivity index (χ1) is 33.8. The number of rotatable bonds is 49. The van der Waals surface area contributed by atoms with E-state index in [2.05, 4.69) is 100 Å². The molecule has 0 radical (unpaired) electrons. The number of esters is 2. The number of ether oxygens (including phenoxy) is 2. The van der Waals surface area contributed by atoms with E-state index in [0.29, 0.717) is 19.3 Å². The second-order valence-corrected chi connectivity index (χ2v) is 20.1. The Balaban J connectivity index is 3.92. The molecular weight excluding hydrogens is 939 g/mol. The molecule has 0 rings (SSSR count). The van der Waals surface area contributed by atoms with Crippen molar-refractivity contribution in [3.63, 3.8) is 0 Å². The molecule has 0 bridgehead atoms. The largest absolute Gasteiger partial charge is 0.472 e. The highest BCUT2D eigenvalue weighted by Crippen LogP contribution is 2.45. The number of hydrogen-bond donors (Lipinski definition) is 5. The fourth-order valence-corrected chi connectivity index (χ4v) is 7.86. The van der Waals surface area contributed by atoms with Crippen LogP contribution in [0.2, 0.25) is 0 Å². The minimum absolute atomic E-state index is 0.117. The molecule has 0 spiro atoms. The molecule has 0 saturated carbocycles. The Morgan fingerprint density at radius 1 is 0.371 bits per heavy atom. The number of unbranched alkanes of at least 4 members (excludes halogenated alkanes) is 15. The van der Waals surface area contributed by atoms with Crippen LogP contribution < -0.4 is 0 Å². The number of aliphatic hydroxyl groups excluding tert-OH is 3. The lowest BCUT2D eigenvalue weighted by Crippen LogP contribution is -2.25. The lowest BCUT2D eigenvalue weighted by Gasteiger charge is -2.19. The molecule has 0 aromatic heterocycles. The third kappa shape index (κ3) is 50.2.